The Hall–Kier alpha value is -2.69. The fourth-order valence-electron chi connectivity index (χ4n) is 1.71. The summed E-state index contributed by atoms with van der Waals surface area (Å²) in [5.74, 6) is 0.809. The summed E-state index contributed by atoms with van der Waals surface area (Å²) in [5.41, 5.74) is 0.953. The molecule has 0 aliphatic carbocycles. The molecule has 4 heteroatoms. The van der Waals surface area contributed by atoms with Crippen LogP contribution in [0.15, 0.2) is 63.9 Å². The van der Waals surface area contributed by atoms with Crippen molar-refractivity contribution in [3.05, 3.63) is 59.7 Å². The molecule has 2 aromatic rings. The minimum Gasteiger partial charge on any atom is -0.497 e. The molecule has 0 amide bonds. The van der Waals surface area contributed by atoms with Crippen LogP contribution >= 0.6 is 11.8 Å². The van der Waals surface area contributed by atoms with Crippen LogP contribution < -0.4 is 4.74 Å². The number of rotatable bonds is 4. The lowest BCUT2D eigenvalue weighted by Crippen LogP contribution is -1.83. The first kappa shape index (κ1) is 14.7. The Morgan fingerprint density at radius 2 is 1.71 bits per heavy atom. The number of ether oxygens (including phenoxy) is 1. The highest BCUT2D eigenvalue weighted by Crippen LogP contribution is 2.32. The molecule has 21 heavy (non-hydrogen) atoms. The highest BCUT2D eigenvalue weighted by molar-refractivity contribution is 7.99. The number of hydrogen-bond donors (Lipinski definition) is 0. The summed E-state index contributed by atoms with van der Waals surface area (Å²) in [5, 5.41) is 17.7. The van der Waals surface area contributed by atoms with Crippen LogP contribution in [0.4, 0.5) is 0 Å². The van der Waals surface area contributed by atoms with Crippen LogP contribution in [0.3, 0.4) is 0 Å². The van der Waals surface area contributed by atoms with Crippen molar-refractivity contribution < 1.29 is 4.74 Å². The third-order valence-electron chi connectivity index (χ3n) is 2.75. The molecule has 0 aliphatic heterocycles. The van der Waals surface area contributed by atoms with E-state index in [-0.39, 0.29) is 5.57 Å². The molecule has 0 saturated heterocycles. The topological polar surface area (TPSA) is 56.8 Å². The molecule has 0 atom stereocenters. The van der Waals surface area contributed by atoms with Gasteiger partial charge in [-0.25, -0.2) is 0 Å². The van der Waals surface area contributed by atoms with E-state index in [4.69, 9.17) is 15.3 Å². The van der Waals surface area contributed by atoms with Gasteiger partial charge in [0.1, 0.15) is 23.5 Å². The molecule has 3 nitrogen and oxygen atoms in total. The second-order valence-electron chi connectivity index (χ2n) is 4.10. The standard InChI is InChI=1S/C17H12N2OS/c1-20-15-6-8-16(9-7-15)21-17-5-3-2-4-14(17)10-13(11-18)12-19/h2-10H,1H3. The minimum atomic E-state index is 0.0952. The largest absolute Gasteiger partial charge is 0.497 e. The lowest BCUT2D eigenvalue weighted by Gasteiger charge is -2.06. The molecule has 0 N–H and O–H groups in total. The molecule has 0 aliphatic rings. The quantitative estimate of drug-likeness (QED) is 0.789. The summed E-state index contributed by atoms with van der Waals surface area (Å²) in [6, 6.07) is 19.2. The molecule has 0 spiro atoms. The van der Waals surface area contributed by atoms with Crippen LogP contribution in [-0.2, 0) is 0 Å². The van der Waals surface area contributed by atoms with E-state index >= 15 is 0 Å². The molecule has 0 saturated carbocycles. The van der Waals surface area contributed by atoms with Crippen LogP contribution in [0, 0.1) is 22.7 Å². The van der Waals surface area contributed by atoms with Crippen LogP contribution in [0.2, 0.25) is 0 Å². The summed E-state index contributed by atoms with van der Waals surface area (Å²) >= 11 is 1.58. The average molecular weight is 292 g/mol. The van der Waals surface area contributed by atoms with E-state index in [0.717, 1.165) is 21.1 Å². The Morgan fingerprint density at radius 3 is 2.33 bits per heavy atom. The predicted molar refractivity (Wildman–Crippen MR) is 82.8 cm³/mol. The first-order chi connectivity index (χ1) is 10.3. The van der Waals surface area contributed by atoms with E-state index in [1.54, 1.807) is 24.9 Å². The summed E-state index contributed by atoms with van der Waals surface area (Å²) < 4.78 is 5.13. The van der Waals surface area contributed by atoms with Gasteiger partial charge in [-0.05, 0) is 42.0 Å². The highest BCUT2D eigenvalue weighted by Gasteiger charge is 2.04. The summed E-state index contributed by atoms with van der Waals surface area (Å²) in [6.45, 7) is 0. The third-order valence-corrected chi connectivity index (χ3v) is 3.85. The smallest absolute Gasteiger partial charge is 0.130 e. The number of nitriles is 2. The van der Waals surface area contributed by atoms with Crippen molar-refractivity contribution in [2.75, 3.05) is 7.11 Å². The monoisotopic (exact) mass is 292 g/mol. The van der Waals surface area contributed by atoms with Crippen molar-refractivity contribution in [3.8, 4) is 17.9 Å². The zero-order valence-corrected chi connectivity index (χ0v) is 12.2. The second kappa shape index (κ2) is 7.19. The van der Waals surface area contributed by atoms with Gasteiger partial charge in [0.25, 0.3) is 0 Å². The van der Waals surface area contributed by atoms with Gasteiger partial charge in [0.05, 0.1) is 7.11 Å². The second-order valence-corrected chi connectivity index (χ2v) is 5.21. The zero-order chi connectivity index (χ0) is 15.1. The molecular formula is C17H12N2OS. The molecular weight excluding hydrogens is 280 g/mol. The van der Waals surface area contributed by atoms with Crippen molar-refractivity contribution >= 4 is 17.8 Å². The van der Waals surface area contributed by atoms with Crippen LogP contribution in [0.1, 0.15) is 5.56 Å². The average Bonchev–Trinajstić information content (AvgIpc) is 2.54. The summed E-state index contributed by atoms with van der Waals surface area (Å²) in [4.78, 5) is 2.05. The molecule has 0 heterocycles. The Morgan fingerprint density at radius 1 is 1.05 bits per heavy atom. The van der Waals surface area contributed by atoms with Gasteiger partial charge in [-0.1, -0.05) is 30.0 Å². The maximum absolute atomic E-state index is 8.86. The van der Waals surface area contributed by atoms with E-state index in [9.17, 15) is 0 Å². The summed E-state index contributed by atoms with van der Waals surface area (Å²) in [6.07, 6.45) is 1.60. The Balaban J connectivity index is 2.30. The van der Waals surface area contributed by atoms with Crippen molar-refractivity contribution in [3.63, 3.8) is 0 Å². The zero-order valence-electron chi connectivity index (χ0n) is 11.4. The van der Waals surface area contributed by atoms with E-state index in [2.05, 4.69) is 0 Å². The van der Waals surface area contributed by atoms with Gasteiger partial charge in [-0.15, -0.1) is 0 Å². The molecule has 0 aromatic heterocycles. The number of methoxy groups -OCH3 is 1. The number of nitrogens with zero attached hydrogens (tertiary/aromatic N) is 2. The van der Waals surface area contributed by atoms with E-state index in [1.807, 2.05) is 60.7 Å². The number of hydrogen-bond acceptors (Lipinski definition) is 4. The first-order valence-electron chi connectivity index (χ1n) is 6.19. The number of allylic oxidation sites excluding steroid dienone is 1. The number of benzene rings is 2. The van der Waals surface area contributed by atoms with E-state index in [0.29, 0.717) is 0 Å². The van der Waals surface area contributed by atoms with Gasteiger partial charge in [-0.2, -0.15) is 10.5 Å². The van der Waals surface area contributed by atoms with Crippen molar-refractivity contribution in [1.82, 2.24) is 0 Å². The van der Waals surface area contributed by atoms with Crippen molar-refractivity contribution in [1.29, 1.82) is 10.5 Å². The fourth-order valence-corrected chi connectivity index (χ4v) is 2.63. The molecule has 102 valence electrons. The van der Waals surface area contributed by atoms with Gasteiger partial charge in [-0.3, -0.25) is 0 Å². The van der Waals surface area contributed by atoms with Gasteiger partial charge in [0.2, 0.25) is 0 Å². The van der Waals surface area contributed by atoms with Crippen molar-refractivity contribution in [2.45, 2.75) is 9.79 Å². The van der Waals surface area contributed by atoms with Crippen molar-refractivity contribution in [2.24, 2.45) is 0 Å². The lowest BCUT2D eigenvalue weighted by molar-refractivity contribution is 0.414. The molecule has 0 unspecified atom stereocenters. The van der Waals surface area contributed by atoms with Crippen LogP contribution in [0.25, 0.3) is 6.08 Å². The van der Waals surface area contributed by atoms with E-state index < -0.39 is 0 Å². The molecule has 0 radical (unpaired) electrons. The SMILES string of the molecule is COc1ccc(Sc2ccccc2C=C(C#N)C#N)cc1. The van der Waals surface area contributed by atoms with Gasteiger partial charge < -0.3 is 4.74 Å². The Bertz CT molecular complexity index is 721. The first-order valence-corrected chi connectivity index (χ1v) is 7.01. The summed E-state index contributed by atoms with van der Waals surface area (Å²) in [7, 11) is 1.63. The molecule has 0 bridgehead atoms. The maximum Gasteiger partial charge on any atom is 0.130 e. The van der Waals surface area contributed by atoms with Gasteiger partial charge >= 0.3 is 0 Å². The molecule has 0 fully saturated rings. The molecule has 2 aromatic carbocycles. The Kier molecular flexibility index (Phi) is 5.04. The third kappa shape index (κ3) is 3.89. The maximum atomic E-state index is 8.86. The normalized spacial score (nSPS) is 9.29. The fraction of sp³-hybridized carbons (Fsp3) is 0.0588. The molecule has 2 rings (SSSR count). The highest BCUT2D eigenvalue weighted by atomic mass is 32.2. The lowest BCUT2D eigenvalue weighted by atomic mass is 10.1. The Labute approximate surface area is 128 Å². The van der Waals surface area contributed by atoms with Crippen LogP contribution in [-0.4, -0.2) is 7.11 Å². The predicted octanol–water partition coefficient (Wildman–Crippen LogP) is 4.28. The van der Waals surface area contributed by atoms with Gasteiger partial charge in [0, 0.05) is 9.79 Å². The van der Waals surface area contributed by atoms with E-state index in [1.165, 1.54) is 0 Å². The minimum absolute atomic E-state index is 0.0952. The van der Waals surface area contributed by atoms with Crippen LogP contribution in [0.5, 0.6) is 5.75 Å². The van der Waals surface area contributed by atoms with Gasteiger partial charge in [0.15, 0.2) is 0 Å².